The fourth-order valence-corrected chi connectivity index (χ4v) is 3.83. The molecule has 1 aromatic carbocycles. The van der Waals surface area contributed by atoms with E-state index in [9.17, 15) is 9.59 Å². The summed E-state index contributed by atoms with van der Waals surface area (Å²) in [4.78, 5) is 25.0. The van der Waals surface area contributed by atoms with Crippen LogP contribution in [0.2, 0.25) is 0 Å². The van der Waals surface area contributed by atoms with Crippen LogP contribution in [-0.2, 0) is 16.6 Å². The van der Waals surface area contributed by atoms with Crippen LogP contribution in [0, 0.1) is 0 Å². The highest BCUT2D eigenvalue weighted by atomic mass is 32.2. The van der Waals surface area contributed by atoms with E-state index in [4.69, 9.17) is 17.3 Å². The van der Waals surface area contributed by atoms with Crippen LogP contribution in [0.4, 0.5) is 0 Å². The van der Waals surface area contributed by atoms with E-state index >= 15 is 0 Å². The summed E-state index contributed by atoms with van der Waals surface area (Å²) in [5, 5.41) is 9.82. The standard InChI is InChI=1S/C16H14N2O3S2/c1-17-9-10(11-4-2-3-5-12(11)17)8-13-15(21)18(16(22)23-13)7-6-14(19)20/h2-5,8-9H,6-7H2,1H3,(H,19,20)/b13-8+. The van der Waals surface area contributed by atoms with Crippen molar-refractivity contribution >= 4 is 57.2 Å². The van der Waals surface area contributed by atoms with Crippen LogP contribution in [0.15, 0.2) is 35.4 Å². The second kappa shape index (κ2) is 6.17. The summed E-state index contributed by atoms with van der Waals surface area (Å²) in [5.74, 6) is -1.17. The van der Waals surface area contributed by atoms with Gasteiger partial charge in [-0.05, 0) is 12.1 Å². The molecule has 5 nitrogen and oxygen atoms in total. The SMILES string of the molecule is Cn1cc(/C=C2/SC(=S)N(CCC(=O)O)C2=O)c2ccccc21. The number of benzene rings is 1. The number of thioether (sulfide) groups is 1. The Morgan fingerprint density at radius 2 is 2.13 bits per heavy atom. The highest BCUT2D eigenvalue weighted by Crippen LogP contribution is 2.34. The van der Waals surface area contributed by atoms with Gasteiger partial charge >= 0.3 is 5.97 Å². The van der Waals surface area contributed by atoms with Crippen molar-refractivity contribution in [3.05, 3.63) is 40.9 Å². The summed E-state index contributed by atoms with van der Waals surface area (Å²) in [7, 11) is 1.96. The minimum atomic E-state index is -0.947. The first-order valence-electron chi connectivity index (χ1n) is 6.98. The van der Waals surface area contributed by atoms with Crippen molar-refractivity contribution in [2.45, 2.75) is 6.42 Å². The Morgan fingerprint density at radius 3 is 2.87 bits per heavy atom. The first-order valence-corrected chi connectivity index (χ1v) is 8.21. The van der Waals surface area contributed by atoms with Crippen molar-refractivity contribution < 1.29 is 14.7 Å². The fraction of sp³-hybridized carbons (Fsp3) is 0.188. The normalized spacial score (nSPS) is 16.7. The van der Waals surface area contributed by atoms with Crippen molar-refractivity contribution in [2.24, 2.45) is 7.05 Å². The van der Waals surface area contributed by atoms with Gasteiger partial charge in [-0.2, -0.15) is 0 Å². The number of para-hydroxylation sites is 1. The van der Waals surface area contributed by atoms with Crippen molar-refractivity contribution in [2.75, 3.05) is 6.54 Å². The molecular formula is C16H14N2O3S2. The molecule has 3 rings (SSSR count). The molecule has 0 atom stereocenters. The maximum atomic E-state index is 12.4. The molecule has 118 valence electrons. The van der Waals surface area contributed by atoms with Gasteiger partial charge in [-0.15, -0.1) is 0 Å². The van der Waals surface area contributed by atoms with E-state index in [-0.39, 0.29) is 18.9 Å². The number of fused-ring (bicyclic) bond motifs is 1. The molecule has 0 saturated carbocycles. The maximum Gasteiger partial charge on any atom is 0.305 e. The zero-order chi connectivity index (χ0) is 16.6. The van der Waals surface area contributed by atoms with Crippen molar-refractivity contribution in [3.8, 4) is 0 Å². The van der Waals surface area contributed by atoms with Crippen molar-refractivity contribution in [3.63, 3.8) is 0 Å². The topological polar surface area (TPSA) is 62.5 Å². The Bertz CT molecular complexity index is 854. The second-order valence-electron chi connectivity index (χ2n) is 5.19. The van der Waals surface area contributed by atoms with Gasteiger partial charge in [-0.25, -0.2) is 0 Å². The van der Waals surface area contributed by atoms with Crippen molar-refractivity contribution in [1.82, 2.24) is 9.47 Å². The zero-order valence-corrected chi connectivity index (χ0v) is 14.0. The van der Waals surface area contributed by atoms with Gasteiger partial charge in [0.15, 0.2) is 0 Å². The zero-order valence-electron chi connectivity index (χ0n) is 12.4. The molecule has 1 aromatic heterocycles. The van der Waals surface area contributed by atoms with E-state index in [1.54, 1.807) is 0 Å². The molecule has 2 aromatic rings. The van der Waals surface area contributed by atoms with E-state index in [2.05, 4.69) is 0 Å². The van der Waals surface area contributed by atoms with E-state index in [1.807, 2.05) is 48.2 Å². The third-order valence-electron chi connectivity index (χ3n) is 3.64. The van der Waals surface area contributed by atoms with Gasteiger partial charge in [0.25, 0.3) is 5.91 Å². The Kier molecular flexibility index (Phi) is 4.23. The van der Waals surface area contributed by atoms with E-state index in [0.29, 0.717) is 9.23 Å². The molecule has 2 heterocycles. The number of carbonyl (C=O) groups is 2. The van der Waals surface area contributed by atoms with Crippen LogP contribution in [0.1, 0.15) is 12.0 Å². The quantitative estimate of drug-likeness (QED) is 0.681. The molecule has 0 radical (unpaired) electrons. The fourth-order valence-electron chi connectivity index (χ4n) is 2.53. The minimum absolute atomic E-state index is 0.104. The molecule has 1 aliphatic heterocycles. The molecule has 0 unspecified atom stereocenters. The van der Waals surface area contributed by atoms with E-state index < -0.39 is 5.97 Å². The molecule has 0 bridgehead atoms. The number of rotatable bonds is 4. The molecule has 7 heteroatoms. The molecular weight excluding hydrogens is 332 g/mol. The highest BCUT2D eigenvalue weighted by Gasteiger charge is 2.32. The molecule has 1 saturated heterocycles. The molecule has 1 N–H and O–H groups in total. The Balaban J connectivity index is 1.92. The van der Waals surface area contributed by atoms with Crippen LogP contribution in [0.3, 0.4) is 0 Å². The predicted octanol–water partition coefficient (Wildman–Crippen LogP) is 2.85. The van der Waals surface area contributed by atoms with Gasteiger partial charge in [-0.1, -0.05) is 42.2 Å². The number of thiocarbonyl (C=S) groups is 1. The maximum absolute atomic E-state index is 12.4. The number of nitrogens with zero attached hydrogens (tertiary/aromatic N) is 2. The summed E-state index contributed by atoms with van der Waals surface area (Å²) in [6.07, 6.45) is 3.67. The number of aliphatic carboxylic acids is 1. The average molecular weight is 346 g/mol. The molecule has 1 amide bonds. The lowest BCUT2D eigenvalue weighted by atomic mass is 10.1. The summed E-state index contributed by atoms with van der Waals surface area (Å²) < 4.78 is 2.41. The van der Waals surface area contributed by atoms with Crippen LogP contribution in [-0.4, -0.2) is 37.3 Å². The molecule has 0 aliphatic carbocycles. The second-order valence-corrected chi connectivity index (χ2v) is 6.87. The van der Waals surface area contributed by atoms with Crippen molar-refractivity contribution in [1.29, 1.82) is 0 Å². The monoisotopic (exact) mass is 346 g/mol. The van der Waals surface area contributed by atoms with Gasteiger partial charge in [0.1, 0.15) is 4.32 Å². The number of aromatic nitrogens is 1. The van der Waals surface area contributed by atoms with Gasteiger partial charge in [0, 0.05) is 36.3 Å². The number of aryl methyl sites for hydroxylation is 1. The Labute approximate surface area is 142 Å². The third kappa shape index (κ3) is 3.02. The number of carboxylic acids is 1. The average Bonchev–Trinajstić information content (AvgIpc) is 2.96. The number of carbonyl (C=O) groups excluding carboxylic acids is 1. The summed E-state index contributed by atoms with van der Waals surface area (Å²) in [5.41, 5.74) is 2.03. The van der Waals surface area contributed by atoms with E-state index in [0.717, 1.165) is 16.5 Å². The lowest BCUT2D eigenvalue weighted by Crippen LogP contribution is -2.30. The Hall–Kier alpha value is -2.12. The first kappa shape index (κ1) is 15.8. The number of hydrogen-bond acceptors (Lipinski definition) is 4. The van der Waals surface area contributed by atoms with Gasteiger partial charge in [0.05, 0.1) is 11.3 Å². The molecule has 0 spiro atoms. The largest absolute Gasteiger partial charge is 0.481 e. The number of hydrogen-bond donors (Lipinski definition) is 1. The smallest absolute Gasteiger partial charge is 0.305 e. The van der Waals surface area contributed by atoms with Crippen LogP contribution in [0.5, 0.6) is 0 Å². The third-order valence-corrected chi connectivity index (χ3v) is 5.02. The van der Waals surface area contributed by atoms with Gasteiger partial charge in [-0.3, -0.25) is 14.5 Å². The van der Waals surface area contributed by atoms with Crippen LogP contribution in [0.25, 0.3) is 17.0 Å². The number of carboxylic acid groups (broad SMARTS) is 1. The van der Waals surface area contributed by atoms with E-state index in [1.165, 1.54) is 16.7 Å². The van der Waals surface area contributed by atoms with Crippen LogP contribution >= 0.6 is 24.0 Å². The molecule has 1 fully saturated rings. The lowest BCUT2D eigenvalue weighted by Gasteiger charge is -2.12. The van der Waals surface area contributed by atoms with Gasteiger partial charge in [0.2, 0.25) is 0 Å². The predicted molar refractivity (Wildman–Crippen MR) is 95.1 cm³/mol. The van der Waals surface area contributed by atoms with Gasteiger partial charge < -0.3 is 9.67 Å². The first-order chi connectivity index (χ1) is 11.0. The summed E-state index contributed by atoms with van der Waals surface area (Å²) in [6, 6.07) is 7.95. The molecule has 1 aliphatic rings. The summed E-state index contributed by atoms with van der Waals surface area (Å²) in [6.45, 7) is 0.104. The molecule has 23 heavy (non-hydrogen) atoms. The lowest BCUT2D eigenvalue weighted by molar-refractivity contribution is -0.137. The highest BCUT2D eigenvalue weighted by molar-refractivity contribution is 8.26. The minimum Gasteiger partial charge on any atom is -0.481 e. The summed E-state index contributed by atoms with van der Waals surface area (Å²) >= 11 is 6.41. The van der Waals surface area contributed by atoms with Crippen LogP contribution < -0.4 is 0 Å². The Morgan fingerprint density at radius 1 is 1.39 bits per heavy atom. The number of amides is 1.